The van der Waals surface area contributed by atoms with Gasteiger partial charge in [-0.3, -0.25) is 4.79 Å². The topological polar surface area (TPSA) is 38.3 Å². The highest BCUT2D eigenvalue weighted by molar-refractivity contribution is 5.99. The molecule has 1 aromatic rings. The monoisotopic (exact) mass is 261 g/mol. The first-order chi connectivity index (χ1) is 9.13. The molecule has 1 aliphatic rings. The zero-order valence-electron chi connectivity index (χ0n) is 12.1. The third-order valence-corrected chi connectivity index (χ3v) is 4.11. The van der Waals surface area contributed by atoms with Crippen molar-refractivity contribution in [2.75, 3.05) is 20.2 Å². The van der Waals surface area contributed by atoms with Crippen LogP contribution in [0.15, 0.2) is 12.1 Å². The van der Waals surface area contributed by atoms with Gasteiger partial charge in [-0.2, -0.15) is 0 Å². The van der Waals surface area contributed by atoms with Crippen molar-refractivity contribution in [3.8, 4) is 5.75 Å². The second-order valence-electron chi connectivity index (χ2n) is 5.41. The van der Waals surface area contributed by atoms with E-state index < -0.39 is 0 Å². The fourth-order valence-corrected chi connectivity index (χ4v) is 2.73. The van der Waals surface area contributed by atoms with Crippen LogP contribution in [0.3, 0.4) is 0 Å². The summed E-state index contributed by atoms with van der Waals surface area (Å²) in [6, 6.07) is 3.91. The van der Waals surface area contributed by atoms with Crippen molar-refractivity contribution >= 4 is 5.78 Å². The molecule has 19 heavy (non-hydrogen) atoms. The Morgan fingerprint density at radius 2 is 2.00 bits per heavy atom. The van der Waals surface area contributed by atoms with Crippen molar-refractivity contribution in [1.82, 2.24) is 5.32 Å². The van der Waals surface area contributed by atoms with Crippen LogP contribution < -0.4 is 10.1 Å². The maximum Gasteiger partial charge on any atom is 0.166 e. The third kappa shape index (κ3) is 3.16. The van der Waals surface area contributed by atoms with Crippen LogP contribution >= 0.6 is 0 Å². The summed E-state index contributed by atoms with van der Waals surface area (Å²) < 4.78 is 5.43. The van der Waals surface area contributed by atoms with Gasteiger partial charge in [0, 0.05) is 6.42 Å². The Kier molecular flexibility index (Phi) is 4.59. The minimum atomic E-state index is 0.215. The van der Waals surface area contributed by atoms with Crippen molar-refractivity contribution < 1.29 is 9.53 Å². The number of aryl methyl sites for hydroxylation is 1. The minimum absolute atomic E-state index is 0.215. The summed E-state index contributed by atoms with van der Waals surface area (Å²) in [5, 5.41) is 3.33. The maximum atomic E-state index is 12.5. The van der Waals surface area contributed by atoms with Crippen molar-refractivity contribution in [2.24, 2.45) is 5.92 Å². The van der Waals surface area contributed by atoms with Crippen molar-refractivity contribution in [3.63, 3.8) is 0 Å². The van der Waals surface area contributed by atoms with Gasteiger partial charge in [0.1, 0.15) is 5.75 Å². The van der Waals surface area contributed by atoms with Crippen molar-refractivity contribution in [2.45, 2.75) is 33.1 Å². The van der Waals surface area contributed by atoms with E-state index >= 15 is 0 Å². The summed E-state index contributed by atoms with van der Waals surface area (Å²) in [6.07, 6.45) is 2.83. The zero-order valence-corrected chi connectivity index (χ0v) is 12.1. The third-order valence-electron chi connectivity index (χ3n) is 4.11. The molecule has 1 aromatic carbocycles. The van der Waals surface area contributed by atoms with Gasteiger partial charge in [-0.15, -0.1) is 0 Å². The summed E-state index contributed by atoms with van der Waals surface area (Å²) in [6.45, 7) is 6.11. The molecular weight excluding hydrogens is 238 g/mol. The molecule has 2 rings (SSSR count). The summed E-state index contributed by atoms with van der Waals surface area (Å²) in [5.74, 6) is 1.48. The maximum absolute atomic E-state index is 12.5. The van der Waals surface area contributed by atoms with Gasteiger partial charge in [0.2, 0.25) is 0 Å². The van der Waals surface area contributed by atoms with E-state index in [1.54, 1.807) is 7.11 Å². The Morgan fingerprint density at radius 3 is 2.63 bits per heavy atom. The first kappa shape index (κ1) is 14.1. The van der Waals surface area contributed by atoms with Crippen LogP contribution in [0, 0.1) is 19.8 Å². The first-order valence-electron chi connectivity index (χ1n) is 7.01. The predicted octanol–water partition coefficient (Wildman–Crippen LogP) is 2.88. The highest BCUT2D eigenvalue weighted by Crippen LogP contribution is 2.29. The Balaban J connectivity index is 2.16. The summed E-state index contributed by atoms with van der Waals surface area (Å²) in [5.41, 5.74) is 2.97. The molecule has 104 valence electrons. The van der Waals surface area contributed by atoms with Crippen LogP contribution in [0.5, 0.6) is 5.75 Å². The van der Waals surface area contributed by atoms with Gasteiger partial charge < -0.3 is 10.1 Å². The van der Waals surface area contributed by atoms with Gasteiger partial charge in [0.05, 0.1) is 12.7 Å². The number of carbonyl (C=O) groups excluding carboxylic acids is 1. The van der Waals surface area contributed by atoms with Gasteiger partial charge in [-0.05, 0) is 62.9 Å². The van der Waals surface area contributed by atoms with E-state index in [1.807, 2.05) is 26.0 Å². The summed E-state index contributed by atoms with van der Waals surface area (Å²) in [4.78, 5) is 12.5. The number of Topliss-reactive ketones (excluding diaryl/α,β-unsaturated/α-hetero) is 1. The molecule has 3 nitrogen and oxygen atoms in total. The number of carbonyl (C=O) groups is 1. The number of hydrogen-bond donors (Lipinski definition) is 1. The van der Waals surface area contributed by atoms with Gasteiger partial charge in [0.15, 0.2) is 5.78 Å². The van der Waals surface area contributed by atoms with E-state index in [1.165, 1.54) is 0 Å². The molecule has 3 heteroatoms. The van der Waals surface area contributed by atoms with E-state index in [0.29, 0.717) is 12.3 Å². The van der Waals surface area contributed by atoms with Crippen LogP contribution in [0.2, 0.25) is 0 Å². The molecule has 1 fully saturated rings. The fraction of sp³-hybridized carbons (Fsp3) is 0.562. The molecule has 0 saturated carbocycles. The predicted molar refractivity (Wildman–Crippen MR) is 77.0 cm³/mol. The quantitative estimate of drug-likeness (QED) is 0.847. The van der Waals surface area contributed by atoms with Crippen LogP contribution in [0.4, 0.5) is 0 Å². The molecule has 0 spiro atoms. The smallest absolute Gasteiger partial charge is 0.166 e. The lowest BCUT2D eigenvalue weighted by Gasteiger charge is -2.22. The Bertz CT molecular complexity index is 462. The highest BCUT2D eigenvalue weighted by atomic mass is 16.5. The standard InChI is InChI=1S/C16H23NO2/c1-11-4-5-14(16(19-3)12(11)2)15(18)10-13-6-8-17-9-7-13/h4-5,13,17H,6-10H2,1-3H3. The van der Waals surface area contributed by atoms with Crippen molar-refractivity contribution in [1.29, 1.82) is 0 Å². The second kappa shape index (κ2) is 6.20. The van der Waals surface area contributed by atoms with E-state index in [9.17, 15) is 4.79 Å². The molecule has 1 N–H and O–H groups in total. The highest BCUT2D eigenvalue weighted by Gasteiger charge is 2.21. The van der Waals surface area contributed by atoms with Gasteiger partial charge in [0.25, 0.3) is 0 Å². The number of methoxy groups -OCH3 is 1. The number of ether oxygens (including phenoxy) is 1. The molecule has 0 unspecified atom stereocenters. The average Bonchev–Trinajstić information content (AvgIpc) is 2.42. The average molecular weight is 261 g/mol. The molecule has 0 bridgehead atoms. The molecule has 1 saturated heterocycles. The lowest BCUT2D eigenvalue weighted by molar-refractivity contribution is 0.0949. The number of piperidine rings is 1. The summed E-state index contributed by atoms with van der Waals surface area (Å²) >= 11 is 0. The lowest BCUT2D eigenvalue weighted by Crippen LogP contribution is -2.29. The molecule has 0 aliphatic carbocycles. The van der Waals surface area contributed by atoms with Crippen LogP contribution in [0.25, 0.3) is 0 Å². The number of ketones is 1. The number of rotatable bonds is 4. The molecule has 0 aromatic heterocycles. The summed E-state index contributed by atoms with van der Waals surface area (Å²) in [7, 11) is 1.64. The molecule has 1 aliphatic heterocycles. The molecule has 0 atom stereocenters. The first-order valence-corrected chi connectivity index (χ1v) is 7.01. The van der Waals surface area contributed by atoms with Gasteiger partial charge >= 0.3 is 0 Å². The Hall–Kier alpha value is -1.35. The molecule has 0 radical (unpaired) electrons. The second-order valence-corrected chi connectivity index (χ2v) is 5.41. The van der Waals surface area contributed by atoms with E-state index in [4.69, 9.17) is 4.74 Å². The molecule has 1 heterocycles. The fourth-order valence-electron chi connectivity index (χ4n) is 2.73. The van der Waals surface area contributed by atoms with E-state index in [0.717, 1.165) is 48.4 Å². The van der Waals surface area contributed by atoms with Gasteiger partial charge in [-0.25, -0.2) is 0 Å². The van der Waals surface area contributed by atoms with Crippen LogP contribution in [-0.4, -0.2) is 26.0 Å². The Morgan fingerprint density at radius 1 is 1.32 bits per heavy atom. The van der Waals surface area contributed by atoms with E-state index in [2.05, 4.69) is 5.32 Å². The number of benzene rings is 1. The largest absolute Gasteiger partial charge is 0.496 e. The minimum Gasteiger partial charge on any atom is -0.496 e. The number of nitrogens with one attached hydrogen (secondary N) is 1. The van der Waals surface area contributed by atoms with Crippen LogP contribution in [0.1, 0.15) is 40.7 Å². The lowest BCUT2D eigenvalue weighted by atomic mass is 9.89. The zero-order chi connectivity index (χ0) is 13.8. The van der Waals surface area contributed by atoms with Crippen molar-refractivity contribution in [3.05, 3.63) is 28.8 Å². The normalized spacial score (nSPS) is 16.4. The molecule has 0 amide bonds. The number of hydrogen-bond acceptors (Lipinski definition) is 3. The molecular formula is C16H23NO2. The SMILES string of the molecule is COc1c(C(=O)CC2CCNCC2)ccc(C)c1C. The van der Waals surface area contributed by atoms with Crippen LogP contribution in [-0.2, 0) is 0 Å². The van der Waals surface area contributed by atoms with E-state index in [-0.39, 0.29) is 5.78 Å². The Labute approximate surface area is 115 Å². The van der Waals surface area contributed by atoms with Gasteiger partial charge in [-0.1, -0.05) is 6.07 Å².